The van der Waals surface area contributed by atoms with Crippen LogP contribution in [0.25, 0.3) is 0 Å². The van der Waals surface area contributed by atoms with Crippen molar-refractivity contribution in [3.63, 3.8) is 0 Å². The third kappa shape index (κ3) is 4.69. The Kier molecular flexibility index (Phi) is 5.53. The average Bonchev–Trinajstić information content (AvgIpc) is 2.45. The molecule has 1 aromatic heterocycles. The predicted octanol–water partition coefficient (Wildman–Crippen LogP) is 4.58. The van der Waals surface area contributed by atoms with Crippen LogP contribution in [0.1, 0.15) is 38.1 Å². The van der Waals surface area contributed by atoms with Crippen molar-refractivity contribution in [3.05, 3.63) is 46.9 Å². The summed E-state index contributed by atoms with van der Waals surface area (Å²) in [5.41, 5.74) is 1.26. The second-order valence-electron chi connectivity index (χ2n) is 4.91. The van der Waals surface area contributed by atoms with E-state index in [0.29, 0.717) is 36.0 Å². The molecule has 0 amide bonds. The molecule has 4 nitrogen and oxygen atoms in total. The highest BCUT2D eigenvalue weighted by Gasteiger charge is 2.06. The van der Waals surface area contributed by atoms with Gasteiger partial charge in [0.1, 0.15) is 17.5 Å². The van der Waals surface area contributed by atoms with Crippen LogP contribution < -0.4 is 4.74 Å². The smallest absolute Gasteiger partial charge is 0.224 e. The SMILES string of the molecule is CCOCc1nc(Cl)cc(Oc2ccc(C(C)C)cc2)n1. The highest BCUT2D eigenvalue weighted by Crippen LogP contribution is 2.24. The van der Waals surface area contributed by atoms with Crippen molar-refractivity contribution in [2.75, 3.05) is 6.61 Å². The van der Waals surface area contributed by atoms with Gasteiger partial charge >= 0.3 is 0 Å². The first kappa shape index (κ1) is 15.7. The maximum atomic E-state index is 5.98. The largest absolute Gasteiger partial charge is 0.439 e. The Morgan fingerprint density at radius 3 is 2.48 bits per heavy atom. The van der Waals surface area contributed by atoms with E-state index in [9.17, 15) is 0 Å². The fourth-order valence-corrected chi connectivity index (χ4v) is 1.98. The maximum Gasteiger partial charge on any atom is 0.224 e. The Balaban J connectivity index is 2.12. The Labute approximate surface area is 130 Å². The van der Waals surface area contributed by atoms with E-state index in [1.54, 1.807) is 6.07 Å². The molecule has 1 aromatic carbocycles. The molecule has 0 saturated carbocycles. The number of aromatic nitrogens is 2. The van der Waals surface area contributed by atoms with E-state index in [0.717, 1.165) is 5.75 Å². The first-order valence-electron chi connectivity index (χ1n) is 6.97. The fraction of sp³-hybridized carbons (Fsp3) is 0.375. The van der Waals surface area contributed by atoms with Crippen LogP contribution in [0.5, 0.6) is 11.6 Å². The van der Waals surface area contributed by atoms with Crippen molar-refractivity contribution in [3.8, 4) is 11.6 Å². The molecule has 0 saturated heterocycles. The molecule has 0 N–H and O–H groups in total. The molecule has 0 unspecified atom stereocenters. The first-order valence-corrected chi connectivity index (χ1v) is 7.35. The van der Waals surface area contributed by atoms with Crippen LogP contribution in [0.3, 0.4) is 0 Å². The van der Waals surface area contributed by atoms with E-state index in [-0.39, 0.29) is 0 Å². The summed E-state index contributed by atoms with van der Waals surface area (Å²) in [6, 6.07) is 9.53. The lowest BCUT2D eigenvalue weighted by molar-refractivity contribution is 0.128. The zero-order chi connectivity index (χ0) is 15.2. The van der Waals surface area contributed by atoms with Crippen molar-refractivity contribution >= 4 is 11.6 Å². The number of benzene rings is 1. The van der Waals surface area contributed by atoms with Gasteiger partial charge in [0.05, 0.1) is 0 Å². The fourth-order valence-electron chi connectivity index (χ4n) is 1.79. The summed E-state index contributed by atoms with van der Waals surface area (Å²) >= 11 is 5.98. The molecule has 0 bridgehead atoms. The minimum Gasteiger partial charge on any atom is -0.439 e. The molecule has 1 heterocycles. The molecule has 0 aliphatic heterocycles. The molecule has 0 radical (unpaired) electrons. The minimum absolute atomic E-state index is 0.319. The zero-order valence-corrected chi connectivity index (χ0v) is 13.2. The van der Waals surface area contributed by atoms with Crippen molar-refractivity contribution in [1.82, 2.24) is 9.97 Å². The number of hydrogen-bond acceptors (Lipinski definition) is 4. The predicted molar refractivity (Wildman–Crippen MR) is 83.0 cm³/mol. The zero-order valence-electron chi connectivity index (χ0n) is 12.5. The number of rotatable bonds is 6. The first-order chi connectivity index (χ1) is 10.1. The van der Waals surface area contributed by atoms with Gasteiger partial charge in [-0.05, 0) is 30.5 Å². The van der Waals surface area contributed by atoms with E-state index in [1.807, 2.05) is 31.2 Å². The van der Waals surface area contributed by atoms with E-state index in [4.69, 9.17) is 21.1 Å². The minimum atomic E-state index is 0.319. The van der Waals surface area contributed by atoms with Crippen LogP contribution in [0.4, 0.5) is 0 Å². The lowest BCUT2D eigenvalue weighted by Crippen LogP contribution is -2.01. The molecule has 112 valence electrons. The van der Waals surface area contributed by atoms with Gasteiger partial charge in [-0.1, -0.05) is 37.6 Å². The highest BCUT2D eigenvalue weighted by atomic mass is 35.5. The van der Waals surface area contributed by atoms with Crippen LogP contribution in [-0.4, -0.2) is 16.6 Å². The van der Waals surface area contributed by atoms with Gasteiger partial charge in [0, 0.05) is 12.7 Å². The maximum absolute atomic E-state index is 5.98. The molecule has 5 heteroatoms. The molecule has 0 spiro atoms. The summed E-state index contributed by atoms with van der Waals surface area (Å²) in [6.07, 6.45) is 0. The Morgan fingerprint density at radius 2 is 1.86 bits per heavy atom. The summed E-state index contributed by atoms with van der Waals surface area (Å²) in [7, 11) is 0. The highest BCUT2D eigenvalue weighted by molar-refractivity contribution is 6.29. The lowest BCUT2D eigenvalue weighted by atomic mass is 10.0. The third-order valence-corrected chi connectivity index (χ3v) is 3.12. The molecular weight excluding hydrogens is 288 g/mol. The molecule has 2 aromatic rings. The van der Waals surface area contributed by atoms with Gasteiger partial charge in [0.25, 0.3) is 0 Å². The van der Waals surface area contributed by atoms with Crippen molar-refractivity contribution < 1.29 is 9.47 Å². The van der Waals surface area contributed by atoms with Gasteiger partial charge in [-0.15, -0.1) is 0 Å². The van der Waals surface area contributed by atoms with E-state index in [1.165, 1.54) is 5.56 Å². The van der Waals surface area contributed by atoms with Gasteiger partial charge in [-0.25, -0.2) is 4.98 Å². The molecule has 0 fully saturated rings. The van der Waals surface area contributed by atoms with Crippen LogP contribution in [0, 0.1) is 0 Å². The second-order valence-corrected chi connectivity index (χ2v) is 5.30. The van der Waals surface area contributed by atoms with Gasteiger partial charge in [0.15, 0.2) is 5.82 Å². The normalized spacial score (nSPS) is 10.9. The number of nitrogens with zero attached hydrogens (tertiary/aromatic N) is 2. The molecule has 0 atom stereocenters. The second kappa shape index (κ2) is 7.38. The summed E-state index contributed by atoms with van der Waals surface area (Å²) < 4.78 is 11.0. The molecule has 0 aliphatic carbocycles. The van der Waals surface area contributed by atoms with Crippen molar-refractivity contribution in [2.45, 2.75) is 33.3 Å². The van der Waals surface area contributed by atoms with Gasteiger partial charge < -0.3 is 9.47 Å². The standard InChI is InChI=1S/C16H19ClN2O2/c1-4-20-10-15-18-14(17)9-16(19-15)21-13-7-5-12(6-8-13)11(2)3/h5-9,11H,4,10H2,1-3H3. The van der Waals surface area contributed by atoms with E-state index >= 15 is 0 Å². The van der Waals surface area contributed by atoms with Gasteiger partial charge in [0.2, 0.25) is 5.88 Å². The van der Waals surface area contributed by atoms with Gasteiger partial charge in [-0.2, -0.15) is 4.98 Å². The number of hydrogen-bond donors (Lipinski definition) is 0. The topological polar surface area (TPSA) is 44.2 Å². The van der Waals surface area contributed by atoms with Crippen LogP contribution in [0.2, 0.25) is 5.15 Å². The average molecular weight is 307 g/mol. The Hall–Kier alpha value is -1.65. The van der Waals surface area contributed by atoms with Crippen molar-refractivity contribution in [1.29, 1.82) is 0 Å². The van der Waals surface area contributed by atoms with E-state index in [2.05, 4.69) is 23.8 Å². The van der Waals surface area contributed by atoms with Crippen LogP contribution in [0.15, 0.2) is 30.3 Å². The molecule has 0 aliphatic rings. The van der Waals surface area contributed by atoms with Crippen molar-refractivity contribution in [2.24, 2.45) is 0 Å². The third-order valence-electron chi connectivity index (χ3n) is 2.92. The Morgan fingerprint density at radius 1 is 1.14 bits per heavy atom. The number of ether oxygens (including phenoxy) is 2. The summed E-state index contributed by atoms with van der Waals surface area (Å²) in [5, 5.41) is 0.341. The number of halogens is 1. The summed E-state index contributed by atoms with van der Waals surface area (Å²) in [6.45, 7) is 7.14. The van der Waals surface area contributed by atoms with E-state index < -0.39 is 0 Å². The molecule has 21 heavy (non-hydrogen) atoms. The summed E-state index contributed by atoms with van der Waals surface area (Å²) in [5.74, 6) is 2.14. The monoisotopic (exact) mass is 306 g/mol. The molecule has 2 rings (SSSR count). The summed E-state index contributed by atoms with van der Waals surface area (Å²) in [4.78, 5) is 8.38. The lowest BCUT2D eigenvalue weighted by Gasteiger charge is -2.09. The van der Waals surface area contributed by atoms with Crippen LogP contribution in [-0.2, 0) is 11.3 Å². The quantitative estimate of drug-likeness (QED) is 0.733. The Bertz CT molecular complexity index is 585. The van der Waals surface area contributed by atoms with Crippen LogP contribution >= 0.6 is 11.6 Å². The van der Waals surface area contributed by atoms with Gasteiger partial charge in [-0.3, -0.25) is 0 Å². The molecular formula is C16H19ClN2O2.